The topological polar surface area (TPSA) is 75.6 Å². The molecule has 1 atom stereocenters. The Morgan fingerprint density at radius 3 is 2.59 bits per heavy atom. The summed E-state index contributed by atoms with van der Waals surface area (Å²) in [6.07, 6.45) is 2.09. The third-order valence-electron chi connectivity index (χ3n) is 5.72. The fraction of sp³-hybridized carbons (Fsp3) is 0.455. The van der Waals surface area contributed by atoms with E-state index in [1.165, 1.54) is 0 Å². The van der Waals surface area contributed by atoms with Gasteiger partial charge in [-0.25, -0.2) is 14.8 Å². The average molecular weight is 394 g/mol. The van der Waals surface area contributed by atoms with Crippen molar-refractivity contribution in [3.05, 3.63) is 53.5 Å². The van der Waals surface area contributed by atoms with Crippen molar-refractivity contribution in [1.82, 2.24) is 14.9 Å². The van der Waals surface area contributed by atoms with E-state index in [4.69, 9.17) is 4.74 Å². The molecule has 1 aromatic carbocycles. The van der Waals surface area contributed by atoms with Crippen LogP contribution in [0.25, 0.3) is 0 Å². The van der Waals surface area contributed by atoms with E-state index in [0.717, 1.165) is 37.2 Å². The fourth-order valence-electron chi connectivity index (χ4n) is 4.17. The maximum Gasteiger partial charge on any atom is 0.415 e. The molecule has 3 heterocycles. The number of likely N-dealkylation sites (tertiary alicyclic amines) is 1. The van der Waals surface area contributed by atoms with Gasteiger partial charge in [-0.15, -0.1) is 0 Å². The number of hydrogen-bond acceptors (Lipinski definition) is 5. The van der Waals surface area contributed by atoms with E-state index in [-0.39, 0.29) is 24.0 Å². The lowest BCUT2D eigenvalue weighted by atomic mass is 9.93. The van der Waals surface area contributed by atoms with Gasteiger partial charge in [-0.3, -0.25) is 9.69 Å². The van der Waals surface area contributed by atoms with Crippen molar-refractivity contribution in [3.63, 3.8) is 0 Å². The molecule has 7 nitrogen and oxygen atoms in total. The van der Waals surface area contributed by atoms with Gasteiger partial charge in [-0.1, -0.05) is 30.3 Å². The Bertz CT molecular complexity index is 894. The van der Waals surface area contributed by atoms with Crippen LogP contribution in [0.3, 0.4) is 0 Å². The molecule has 152 valence electrons. The van der Waals surface area contributed by atoms with Gasteiger partial charge in [0.25, 0.3) is 0 Å². The second kappa shape index (κ2) is 8.19. The summed E-state index contributed by atoms with van der Waals surface area (Å²) in [5.41, 5.74) is 2.09. The number of benzene rings is 1. The number of amides is 2. The van der Waals surface area contributed by atoms with Gasteiger partial charge in [-0.2, -0.15) is 0 Å². The van der Waals surface area contributed by atoms with Crippen molar-refractivity contribution >= 4 is 17.8 Å². The standard InChI is InChI=1S/C22H26N4O3/c1-15-23-20(18-8-10-25(11-9-18)16(2)27)13-21(24-15)26-19(14-29-22(26)28)12-17-6-4-3-5-7-17/h3-7,13,18-19H,8-12,14H2,1-2H3/t19-/m0/s1. The van der Waals surface area contributed by atoms with Gasteiger partial charge in [0.1, 0.15) is 18.2 Å². The van der Waals surface area contributed by atoms with Crippen molar-refractivity contribution in [2.75, 3.05) is 24.6 Å². The number of cyclic esters (lactones) is 1. The zero-order valence-corrected chi connectivity index (χ0v) is 16.9. The van der Waals surface area contributed by atoms with Crippen LogP contribution in [-0.2, 0) is 16.0 Å². The predicted octanol–water partition coefficient (Wildman–Crippen LogP) is 3.08. The Labute approximate surface area is 170 Å². The first-order valence-corrected chi connectivity index (χ1v) is 10.1. The minimum atomic E-state index is -0.360. The molecule has 2 amide bonds. The summed E-state index contributed by atoms with van der Waals surface area (Å²) in [5, 5.41) is 0. The lowest BCUT2D eigenvalue weighted by Gasteiger charge is -2.31. The van der Waals surface area contributed by atoms with Crippen LogP contribution in [-0.4, -0.2) is 52.6 Å². The summed E-state index contributed by atoms with van der Waals surface area (Å²) < 4.78 is 5.35. The molecular weight excluding hydrogens is 368 g/mol. The molecule has 0 aliphatic carbocycles. The fourth-order valence-corrected chi connectivity index (χ4v) is 4.17. The minimum absolute atomic E-state index is 0.0911. The largest absolute Gasteiger partial charge is 0.447 e. The van der Waals surface area contributed by atoms with Crippen LogP contribution < -0.4 is 4.90 Å². The van der Waals surface area contributed by atoms with Gasteiger partial charge in [0, 0.05) is 37.7 Å². The Kier molecular flexibility index (Phi) is 5.47. The SMILES string of the molecule is CC(=O)N1CCC(c2cc(N3C(=O)OC[C@@H]3Cc3ccccc3)nc(C)n2)CC1. The summed E-state index contributed by atoms with van der Waals surface area (Å²) in [6, 6.07) is 11.9. The summed E-state index contributed by atoms with van der Waals surface area (Å²) in [7, 11) is 0. The molecule has 1 aromatic heterocycles. The normalized spacial score (nSPS) is 20.1. The maximum absolute atomic E-state index is 12.5. The Morgan fingerprint density at radius 1 is 1.17 bits per heavy atom. The van der Waals surface area contributed by atoms with Crippen LogP contribution in [0.5, 0.6) is 0 Å². The van der Waals surface area contributed by atoms with Crippen LogP contribution in [0, 0.1) is 6.92 Å². The Hall–Kier alpha value is -2.96. The molecule has 4 rings (SSSR count). The molecule has 0 saturated carbocycles. The zero-order chi connectivity index (χ0) is 20.4. The smallest absolute Gasteiger partial charge is 0.415 e. The summed E-state index contributed by atoms with van der Waals surface area (Å²) in [5.74, 6) is 1.62. The first-order valence-electron chi connectivity index (χ1n) is 10.1. The van der Waals surface area contributed by atoms with Crippen LogP contribution >= 0.6 is 0 Å². The van der Waals surface area contributed by atoms with Crippen LogP contribution in [0.4, 0.5) is 10.6 Å². The predicted molar refractivity (Wildman–Crippen MR) is 109 cm³/mol. The van der Waals surface area contributed by atoms with Crippen LogP contribution in [0.1, 0.15) is 42.8 Å². The van der Waals surface area contributed by atoms with Crippen LogP contribution in [0.2, 0.25) is 0 Å². The minimum Gasteiger partial charge on any atom is -0.447 e. The Morgan fingerprint density at radius 2 is 1.90 bits per heavy atom. The molecule has 2 aliphatic heterocycles. The molecule has 29 heavy (non-hydrogen) atoms. The highest BCUT2D eigenvalue weighted by Gasteiger charge is 2.36. The van der Waals surface area contributed by atoms with Gasteiger partial charge < -0.3 is 9.64 Å². The van der Waals surface area contributed by atoms with Gasteiger partial charge in [0.15, 0.2) is 0 Å². The first kappa shape index (κ1) is 19.4. The molecule has 0 spiro atoms. The van der Waals surface area contributed by atoms with E-state index >= 15 is 0 Å². The quantitative estimate of drug-likeness (QED) is 0.797. The number of carbonyl (C=O) groups excluding carboxylic acids is 2. The van der Waals surface area contributed by atoms with E-state index in [0.29, 0.717) is 24.7 Å². The van der Waals surface area contributed by atoms with Crippen molar-refractivity contribution in [3.8, 4) is 0 Å². The molecule has 0 bridgehead atoms. The molecule has 7 heteroatoms. The van der Waals surface area contributed by atoms with Gasteiger partial charge in [0.2, 0.25) is 5.91 Å². The number of rotatable bonds is 4. The van der Waals surface area contributed by atoms with E-state index in [9.17, 15) is 9.59 Å². The van der Waals surface area contributed by atoms with Crippen molar-refractivity contribution in [2.24, 2.45) is 0 Å². The average Bonchev–Trinajstić information content (AvgIpc) is 3.08. The summed E-state index contributed by atoms with van der Waals surface area (Å²) in [4.78, 5) is 36.8. The zero-order valence-electron chi connectivity index (χ0n) is 16.9. The lowest BCUT2D eigenvalue weighted by Crippen LogP contribution is -2.37. The Balaban J connectivity index is 1.56. The summed E-state index contributed by atoms with van der Waals surface area (Å²) >= 11 is 0. The van der Waals surface area contributed by atoms with E-state index in [2.05, 4.69) is 22.1 Å². The second-order valence-electron chi connectivity index (χ2n) is 7.77. The molecule has 2 aromatic rings. The van der Waals surface area contributed by atoms with Crippen LogP contribution in [0.15, 0.2) is 36.4 Å². The molecule has 2 saturated heterocycles. The highest BCUT2D eigenvalue weighted by molar-refractivity contribution is 5.89. The molecule has 0 unspecified atom stereocenters. The third-order valence-corrected chi connectivity index (χ3v) is 5.72. The van der Waals surface area contributed by atoms with E-state index in [1.807, 2.05) is 36.1 Å². The molecule has 0 N–H and O–H groups in total. The molecular formula is C22H26N4O3. The van der Waals surface area contributed by atoms with Gasteiger partial charge >= 0.3 is 6.09 Å². The number of carbonyl (C=O) groups is 2. The molecule has 0 radical (unpaired) electrons. The monoisotopic (exact) mass is 394 g/mol. The van der Waals surface area contributed by atoms with E-state index in [1.54, 1.807) is 11.8 Å². The number of hydrogen-bond donors (Lipinski definition) is 0. The number of nitrogens with zero attached hydrogens (tertiary/aromatic N) is 4. The number of aromatic nitrogens is 2. The highest BCUT2D eigenvalue weighted by Crippen LogP contribution is 2.31. The number of anilines is 1. The number of aryl methyl sites for hydroxylation is 1. The van der Waals surface area contributed by atoms with Gasteiger partial charge in [0.05, 0.1) is 6.04 Å². The molecule has 2 aliphatic rings. The molecule has 2 fully saturated rings. The van der Waals surface area contributed by atoms with Crippen molar-refractivity contribution in [1.29, 1.82) is 0 Å². The maximum atomic E-state index is 12.5. The third kappa shape index (κ3) is 4.23. The van der Waals surface area contributed by atoms with Crippen molar-refractivity contribution < 1.29 is 14.3 Å². The number of piperidine rings is 1. The highest BCUT2D eigenvalue weighted by atomic mass is 16.6. The lowest BCUT2D eigenvalue weighted by molar-refractivity contribution is -0.129. The van der Waals surface area contributed by atoms with E-state index < -0.39 is 0 Å². The van der Waals surface area contributed by atoms with Crippen molar-refractivity contribution in [2.45, 2.75) is 45.1 Å². The number of ether oxygens (including phenoxy) is 1. The second-order valence-corrected chi connectivity index (χ2v) is 7.77. The summed E-state index contributed by atoms with van der Waals surface area (Å²) in [6.45, 7) is 5.29. The first-order chi connectivity index (χ1) is 14.0. The van der Waals surface area contributed by atoms with Gasteiger partial charge in [-0.05, 0) is 31.7 Å².